The van der Waals surface area contributed by atoms with Crippen molar-refractivity contribution in [2.75, 3.05) is 13.1 Å². The third-order valence-electron chi connectivity index (χ3n) is 4.49. The van der Waals surface area contributed by atoms with Gasteiger partial charge < -0.3 is 11.1 Å². The van der Waals surface area contributed by atoms with E-state index in [-0.39, 0.29) is 0 Å². The first-order valence-corrected chi connectivity index (χ1v) is 9.85. The third-order valence-corrected chi connectivity index (χ3v) is 4.49. The van der Waals surface area contributed by atoms with E-state index in [4.69, 9.17) is 5.73 Å². The second kappa shape index (κ2) is 14.7. The van der Waals surface area contributed by atoms with Crippen molar-refractivity contribution in [3.8, 4) is 0 Å². The largest absolute Gasteiger partial charge is 0.329 e. The van der Waals surface area contributed by atoms with E-state index >= 15 is 0 Å². The van der Waals surface area contributed by atoms with Gasteiger partial charge >= 0.3 is 0 Å². The summed E-state index contributed by atoms with van der Waals surface area (Å²) in [6, 6.07) is 9.06. The quantitative estimate of drug-likeness (QED) is 0.436. The van der Waals surface area contributed by atoms with Crippen LogP contribution in [0.1, 0.15) is 82.3 Å². The zero-order valence-electron chi connectivity index (χ0n) is 15.3. The molecular weight excluding hydrogens is 280 g/mol. The Bertz CT molecular complexity index is 359. The number of unbranched alkanes of at least 4 members (excludes halogenated alkanes) is 9. The van der Waals surface area contributed by atoms with Crippen LogP contribution in [0.3, 0.4) is 0 Å². The van der Waals surface area contributed by atoms with Crippen LogP contribution in [0.25, 0.3) is 0 Å². The van der Waals surface area contributed by atoms with Crippen molar-refractivity contribution in [1.29, 1.82) is 0 Å². The maximum atomic E-state index is 5.48. The van der Waals surface area contributed by atoms with Gasteiger partial charge in [0.1, 0.15) is 0 Å². The molecule has 1 aromatic rings. The lowest BCUT2D eigenvalue weighted by Crippen LogP contribution is -2.21. The fourth-order valence-electron chi connectivity index (χ4n) is 2.98. The molecule has 0 aliphatic rings. The standard InChI is InChI=1S/C21H38N2/c1-2-3-4-5-6-7-8-9-10-11-12-20-13-15-21(16-14-20)19-23-18-17-22/h13-16,23H,2-12,17-19,22H2,1H3. The molecule has 0 bridgehead atoms. The molecule has 0 spiro atoms. The van der Waals surface area contributed by atoms with Crippen LogP contribution in [0.2, 0.25) is 0 Å². The van der Waals surface area contributed by atoms with Gasteiger partial charge in [-0.3, -0.25) is 0 Å². The molecule has 0 heterocycles. The van der Waals surface area contributed by atoms with Crippen molar-refractivity contribution >= 4 is 0 Å². The Morgan fingerprint density at radius 1 is 0.739 bits per heavy atom. The Morgan fingerprint density at radius 2 is 1.26 bits per heavy atom. The first-order valence-electron chi connectivity index (χ1n) is 9.85. The Labute approximate surface area is 144 Å². The van der Waals surface area contributed by atoms with Gasteiger partial charge in [-0.25, -0.2) is 0 Å². The number of hydrogen-bond acceptors (Lipinski definition) is 2. The number of aryl methyl sites for hydroxylation is 1. The average molecular weight is 319 g/mol. The van der Waals surface area contributed by atoms with Gasteiger partial charge in [-0.1, -0.05) is 89.0 Å². The average Bonchev–Trinajstić information content (AvgIpc) is 2.58. The Hall–Kier alpha value is -0.860. The van der Waals surface area contributed by atoms with Crippen LogP contribution in [0.15, 0.2) is 24.3 Å². The Morgan fingerprint density at radius 3 is 1.83 bits per heavy atom. The van der Waals surface area contributed by atoms with Gasteiger partial charge in [-0.2, -0.15) is 0 Å². The van der Waals surface area contributed by atoms with E-state index in [1.807, 2.05) is 0 Å². The molecule has 2 heteroatoms. The van der Waals surface area contributed by atoms with E-state index in [1.54, 1.807) is 0 Å². The molecule has 0 unspecified atom stereocenters. The van der Waals surface area contributed by atoms with E-state index in [0.717, 1.165) is 13.1 Å². The molecule has 0 radical (unpaired) electrons. The highest BCUT2D eigenvalue weighted by Crippen LogP contribution is 2.13. The number of rotatable bonds is 15. The lowest BCUT2D eigenvalue weighted by Gasteiger charge is -2.06. The highest BCUT2D eigenvalue weighted by molar-refractivity contribution is 5.22. The summed E-state index contributed by atoms with van der Waals surface area (Å²) in [4.78, 5) is 0. The third kappa shape index (κ3) is 11.3. The van der Waals surface area contributed by atoms with Gasteiger partial charge in [0, 0.05) is 19.6 Å². The minimum absolute atomic E-state index is 0.705. The fourth-order valence-corrected chi connectivity index (χ4v) is 2.98. The Kier molecular flexibility index (Phi) is 12.9. The SMILES string of the molecule is CCCCCCCCCCCCc1ccc(CNCCN)cc1. The molecule has 0 aliphatic carbocycles. The minimum Gasteiger partial charge on any atom is -0.329 e. The lowest BCUT2D eigenvalue weighted by molar-refractivity contribution is 0.556. The zero-order valence-corrected chi connectivity index (χ0v) is 15.3. The topological polar surface area (TPSA) is 38.0 Å². The summed E-state index contributed by atoms with van der Waals surface area (Å²) >= 11 is 0. The molecule has 1 rings (SSSR count). The van der Waals surface area contributed by atoms with E-state index in [9.17, 15) is 0 Å². The van der Waals surface area contributed by atoms with Gasteiger partial charge in [0.15, 0.2) is 0 Å². The highest BCUT2D eigenvalue weighted by Gasteiger charge is 1.97. The molecule has 0 fully saturated rings. The summed E-state index contributed by atoms with van der Waals surface area (Å²) in [5, 5.41) is 3.33. The van der Waals surface area contributed by atoms with Crippen molar-refractivity contribution < 1.29 is 0 Å². The van der Waals surface area contributed by atoms with Crippen LogP contribution >= 0.6 is 0 Å². The Balaban J connectivity index is 1.97. The molecule has 23 heavy (non-hydrogen) atoms. The first kappa shape index (κ1) is 20.2. The van der Waals surface area contributed by atoms with Gasteiger partial charge in [0.05, 0.1) is 0 Å². The van der Waals surface area contributed by atoms with E-state index in [2.05, 4.69) is 36.5 Å². The summed E-state index contributed by atoms with van der Waals surface area (Å²) in [5.41, 5.74) is 8.31. The second-order valence-electron chi connectivity index (χ2n) is 6.71. The molecule has 0 saturated carbocycles. The molecule has 0 amide bonds. The van der Waals surface area contributed by atoms with Crippen LogP contribution in [0.4, 0.5) is 0 Å². The molecule has 0 atom stereocenters. The summed E-state index contributed by atoms with van der Waals surface area (Å²) < 4.78 is 0. The molecule has 0 saturated heterocycles. The van der Waals surface area contributed by atoms with Crippen LogP contribution < -0.4 is 11.1 Å². The maximum Gasteiger partial charge on any atom is 0.0206 e. The summed E-state index contributed by atoms with van der Waals surface area (Å²) in [6.07, 6.45) is 15.3. The zero-order chi connectivity index (χ0) is 16.6. The monoisotopic (exact) mass is 318 g/mol. The fraction of sp³-hybridized carbons (Fsp3) is 0.714. The molecule has 0 aromatic heterocycles. The van der Waals surface area contributed by atoms with Gasteiger partial charge in [-0.05, 0) is 24.0 Å². The molecule has 1 aromatic carbocycles. The summed E-state index contributed by atoms with van der Waals surface area (Å²) in [5.74, 6) is 0. The first-order chi connectivity index (χ1) is 11.4. The molecule has 2 nitrogen and oxygen atoms in total. The van der Waals surface area contributed by atoms with Crippen molar-refractivity contribution in [2.24, 2.45) is 5.73 Å². The van der Waals surface area contributed by atoms with Gasteiger partial charge in [0.25, 0.3) is 0 Å². The van der Waals surface area contributed by atoms with Gasteiger partial charge in [-0.15, -0.1) is 0 Å². The number of nitrogens with one attached hydrogen (secondary N) is 1. The smallest absolute Gasteiger partial charge is 0.0206 e. The maximum absolute atomic E-state index is 5.48. The van der Waals surface area contributed by atoms with Crippen molar-refractivity contribution in [3.63, 3.8) is 0 Å². The normalized spacial score (nSPS) is 11.0. The van der Waals surface area contributed by atoms with Crippen molar-refractivity contribution in [1.82, 2.24) is 5.32 Å². The molecular formula is C21H38N2. The number of nitrogens with two attached hydrogens (primary N) is 1. The highest BCUT2D eigenvalue weighted by atomic mass is 14.9. The summed E-state index contributed by atoms with van der Waals surface area (Å²) in [6.45, 7) is 4.80. The molecule has 132 valence electrons. The van der Waals surface area contributed by atoms with E-state index in [0.29, 0.717) is 6.54 Å². The number of benzene rings is 1. The van der Waals surface area contributed by atoms with Crippen molar-refractivity contribution in [2.45, 2.75) is 84.1 Å². The van der Waals surface area contributed by atoms with E-state index < -0.39 is 0 Å². The minimum atomic E-state index is 0.705. The van der Waals surface area contributed by atoms with Gasteiger partial charge in [0.2, 0.25) is 0 Å². The molecule has 3 N–H and O–H groups in total. The van der Waals surface area contributed by atoms with Crippen LogP contribution in [0, 0.1) is 0 Å². The predicted molar refractivity (Wildman–Crippen MR) is 103 cm³/mol. The number of hydrogen-bond donors (Lipinski definition) is 2. The van der Waals surface area contributed by atoms with Crippen LogP contribution in [0.5, 0.6) is 0 Å². The molecule has 0 aliphatic heterocycles. The lowest BCUT2D eigenvalue weighted by atomic mass is 10.0. The van der Waals surface area contributed by atoms with E-state index in [1.165, 1.54) is 81.8 Å². The van der Waals surface area contributed by atoms with Crippen LogP contribution in [-0.4, -0.2) is 13.1 Å². The summed E-state index contributed by atoms with van der Waals surface area (Å²) in [7, 11) is 0. The second-order valence-corrected chi connectivity index (χ2v) is 6.71. The van der Waals surface area contributed by atoms with Crippen molar-refractivity contribution in [3.05, 3.63) is 35.4 Å². The predicted octanol–water partition coefficient (Wildman–Crippen LogP) is 5.20. The van der Waals surface area contributed by atoms with Crippen LogP contribution in [-0.2, 0) is 13.0 Å².